The second-order valence-electron chi connectivity index (χ2n) is 1.19. The fourth-order valence-corrected chi connectivity index (χ4v) is 0.463. The summed E-state index contributed by atoms with van der Waals surface area (Å²) in [6.45, 7) is 0. The van der Waals surface area contributed by atoms with Crippen molar-refractivity contribution in [1.29, 1.82) is 0 Å². The topological polar surface area (TPSA) is 46.5 Å². The van der Waals surface area contributed by atoms with Crippen LogP contribution in [-0.2, 0) is 9.53 Å². The molecule has 0 heterocycles. The van der Waals surface area contributed by atoms with Crippen molar-refractivity contribution in [2.45, 2.75) is 6.10 Å². The summed E-state index contributed by atoms with van der Waals surface area (Å²) in [6, 6.07) is 0. The zero-order valence-electron chi connectivity index (χ0n) is 4.43. The molecule has 0 radical (unpaired) electrons. The fraction of sp³-hybridized carbons (Fsp3) is 0.750. The number of rotatable bonds is 2. The maximum atomic E-state index is 10.2. The van der Waals surface area contributed by atoms with Crippen molar-refractivity contribution in [3.05, 3.63) is 0 Å². The zero-order chi connectivity index (χ0) is 6.57. The number of aliphatic hydroxyl groups excluding tert-OH is 1. The van der Waals surface area contributed by atoms with Gasteiger partial charge in [0.25, 0.3) is 0 Å². The van der Waals surface area contributed by atoms with Crippen LogP contribution in [0.5, 0.6) is 0 Å². The molecule has 0 aromatic carbocycles. The Hall–Kier alpha value is -0.0900. The Morgan fingerprint density at radius 2 is 2.50 bits per heavy atom. The first-order chi connectivity index (χ1) is 3.72. The van der Waals surface area contributed by atoms with Gasteiger partial charge in [0.1, 0.15) is 0 Å². The molecule has 0 bridgehead atoms. The number of hydrogen-bond donors (Lipinski definition) is 1. The second kappa shape index (κ2) is 3.86. The van der Waals surface area contributed by atoms with Gasteiger partial charge in [-0.2, -0.15) is 0 Å². The van der Waals surface area contributed by atoms with E-state index in [0.717, 1.165) is 0 Å². The SMILES string of the molecule is COC(=O)[C@H](O)CBr. The minimum atomic E-state index is -1.03. The molecule has 0 saturated heterocycles. The van der Waals surface area contributed by atoms with Crippen LogP contribution in [0, 0.1) is 0 Å². The van der Waals surface area contributed by atoms with Crippen LogP contribution >= 0.6 is 15.9 Å². The predicted octanol–water partition coefficient (Wildman–Crippen LogP) is -0.0848. The van der Waals surface area contributed by atoms with E-state index in [1.165, 1.54) is 7.11 Å². The van der Waals surface area contributed by atoms with Gasteiger partial charge in [-0.15, -0.1) is 0 Å². The average Bonchev–Trinajstić information content (AvgIpc) is 1.84. The van der Waals surface area contributed by atoms with E-state index in [4.69, 9.17) is 5.11 Å². The highest BCUT2D eigenvalue weighted by molar-refractivity contribution is 9.09. The van der Waals surface area contributed by atoms with Crippen LogP contribution in [0.2, 0.25) is 0 Å². The lowest BCUT2D eigenvalue weighted by Crippen LogP contribution is -2.22. The third-order valence-corrected chi connectivity index (χ3v) is 1.23. The van der Waals surface area contributed by atoms with Gasteiger partial charge in [0.05, 0.1) is 7.11 Å². The molecule has 0 spiro atoms. The van der Waals surface area contributed by atoms with Crippen molar-refractivity contribution in [1.82, 2.24) is 0 Å². The minimum Gasteiger partial charge on any atom is -0.467 e. The van der Waals surface area contributed by atoms with Crippen molar-refractivity contribution >= 4 is 21.9 Å². The van der Waals surface area contributed by atoms with E-state index in [0.29, 0.717) is 0 Å². The van der Waals surface area contributed by atoms with Gasteiger partial charge in [-0.1, -0.05) is 15.9 Å². The molecule has 8 heavy (non-hydrogen) atoms. The summed E-state index contributed by atoms with van der Waals surface area (Å²) in [6.07, 6.45) is -1.03. The van der Waals surface area contributed by atoms with Crippen molar-refractivity contribution in [3.63, 3.8) is 0 Å². The van der Waals surface area contributed by atoms with Gasteiger partial charge in [-0.05, 0) is 0 Å². The van der Waals surface area contributed by atoms with E-state index in [1.807, 2.05) is 0 Å². The highest BCUT2D eigenvalue weighted by Crippen LogP contribution is 1.91. The Balaban J connectivity index is 3.46. The van der Waals surface area contributed by atoms with Crippen LogP contribution in [0.1, 0.15) is 0 Å². The molecule has 0 aromatic heterocycles. The van der Waals surface area contributed by atoms with Gasteiger partial charge in [0.15, 0.2) is 6.10 Å². The molecule has 0 aromatic rings. The first-order valence-corrected chi connectivity index (χ1v) is 3.16. The number of carbonyl (C=O) groups excluding carboxylic acids is 1. The molecule has 0 aliphatic carbocycles. The van der Waals surface area contributed by atoms with E-state index >= 15 is 0 Å². The lowest BCUT2D eigenvalue weighted by Gasteiger charge is -2.01. The number of carbonyl (C=O) groups is 1. The Kier molecular flexibility index (Phi) is 3.81. The predicted molar refractivity (Wildman–Crippen MR) is 31.8 cm³/mol. The third kappa shape index (κ3) is 2.28. The van der Waals surface area contributed by atoms with Crippen LogP contribution in [0.3, 0.4) is 0 Å². The molecule has 0 saturated carbocycles. The average molecular weight is 183 g/mol. The Bertz CT molecular complexity index is 83.4. The monoisotopic (exact) mass is 182 g/mol. The first kappa shape index (κ1) is 7.91. The number of hydrogen-bond acceptors (Lipinski definition) is 3. The second-order valence-corrected chi connectivity index (χ2v) is 1.84. The largest absolute Gasteiger partial charge is 0.467 e. The van der Waals surface area contributed by atoms with Crippen LogP contribution in [0.4, 0.5) is 0 Å². The van der Waals surface area contributed by atoms with E-state index < -0.39 is 12.1 Å². The van der Waals surface area contributed by atoms with Gasteiger partial charge >= 0.3 is 5.97 Å². The van der Waals surface area contributed by atoms with Gasteiger partial charge in [0.2, 0.25) is 0 Å². The summed E-state index contributed by atoms with van der Waals surface area (Å²) in [7, 11) is 1.23. The fourth-order valence-electron chi connectivity index (χ4n) is 0.199. The summed E-state index contributed by atoms with van der Waals surface area (Å²) in [4.78, 5) is 10.2. The third-order valence-electron chi connectivity index (χ3n) is 0.619. The zero-order valence-corrected chi connectivity index (χ0v) is 6.01. The molecule has 0 aliphatic heterocycles. The van der Waals surface area contributed by atoms with E-state index in [1.54, 1.807) is 0 Å². The molecular formula is C4H7BrO3. The molecule has 0 aliphatic rings. The quantitative estimate of drug-likeness (QED) is 0.480. The van der Waals surface area contributed by atoms with Crippen molar-refractivity contribution in [2.75, 3.05) is 12.4 Å². The molecule has 0 fully saturated rings. The molecule has 4 heteroatoms. The standard InChI is InChI=1S/C4H7BrO3/c1-8-4(7)3(6)2-5/h3,6H,2H2,1H3/t3-/m1/s1. The highest BCUT2D eigenvalue weighted by Gasteiger charge is 2.11. The van der Waals surface area contributed by atoms with E-state index in [9.17, 15) is 4.79 Å². The highest BCUT2D eigenvalue weighted by atomic mass is 79.9. The summed E-state index contributed by atoms with van der Waals surface area (Å²) in [5.41, 5.74) is 0. The van der Waals surface area contributed by atoms with Crippen molar-refractivity contribution < 1.29 is 14.6 Å². The van der Waals surface area contributed by atoms with Crippen LogP contribution in [-0.4, -0.2) is 29.6 Å². The first-order valence-electron chi connectivity index (χ1n) is 2.04. The Labute approximate surface area is 55.8 Å². The maximum absolute atomic E-state index is 10.2. The molecular weight excluding hydrogens is 176 g/mol. The molecule has 0 amide bonds. The van der Waals surface area contributed by atoms with Crippen LogP contribution in [0.15, 0.2) is 0 Å². The van der Waals surface area contributed by atoms with Crippen LogP contribution in [0.25, 0.3) is 0 Å². The van der Waals surface area contributed by atoms with Gasteiger partial charge in [-0.3, -0.25) is 0 Å². The summed E-state index contributed by atoms with van der Waals surface area (Å²) in [5, 5.41) is 8.83. The Morgan fingerprint density at radius 1 is 2.00 bits per heavy atom. The number of aliphatic hydroxyl groups is 1. The molecule has 1 atom stereocenters. The van der Waals surface area contributed by atoms with Gasteiger partial charge in [0, 0.05) is 5.33 Å². The van der Waals surface area contributed by atoms with E-state index in [-0.39, 0.29) is 5.33 Å². The summed E-state index contributed by atoms with van der Waals surface area (Å²) < 4.78 is 4.18. The number of halogens is 1. The number of esters is 1. The van der Waals surface area contributed by atoms with Crippen molar-refractivity contribution in [2.24, 2.45) is 0 Å². The number of ether oxygens (including phenoxy) is 1. The molecule has 3 nitrogen and oxygen atoms in total. The summed E-state index contributed by atoms with van der Waals surface area (Å²) in [5.74, 6) is -0.609. The summed E-state index contributed by atoms with van der Waals surface area (Å²) >= 11 is 2.91. The Morgan fingerprint density at radius 3 is 2.62 bits per heavy atom. The minimum absolute atomic E-state index is 0.222. The van der Waals surface area contributed by atoms with E-state index in [2.05, 4.69) is 20.7 Å². The van der Waals surface area contributed by atoms with Crippen LogP contribution < -0.4 is 0 Å². The van der Waals surface area contributed by atoms with Gasteiger partial charge < -0.3 is 9.84 Å². The normalized spacial score (nSPS) is 12.9. The lowest BCUT2D eigenvalue weighted by atomic mass is 10.4. The maximum Gasteiger partial charge on any atom is 0.335 e. The van der Waals surface area contributed by atoms with Crippen molar-refractivity contribution in [3.8, 4) is 0 Å². The smallest absolute Gasteiger partial charge is 0.335 e. The molecule has 0 rings (SSSR count). The molecule has 48 valence electrons. The molecule has 1 N–H and O–H groups in total. The lowest BCUT2D eigenvalue weighted by molar-refractivity contribution is -0.148. The number of alkyl halides is 1. The molecule has 0 unspecified atom stereocenters. The number of methoxy groups -OCH3 is 1. The van der Waals surface area contributed by atoms with Gasteiger partial charge in [-0.25, -0.2) is 4.79 Å².